The summed E-state index contributed by atoms with van der Waals surface area (Å²) in [7, 11) is 0. The molecule has 0 radical (unpaired) electrons. The van der Waals surface area contributed by atoms with Gasteiger partial charge in [0.25, 0.3) is 0 Å². The van der Waals surface area contributed by atoms with Crippen LogP contribution >= 0.6 is 0 Å². The highest BCUT2D eigenvalue weighted by atomic mass is 16.6. The van der Waals surface area contributed by atoms with Crippen molar-refractivity contribution in [2.24, 2.45) is 0 Å². The third kappa shape index (κ3) is 7.31. The molecule has 7 nitrogen and oxygen atoms in total. The third-order valence-electron chi connectivity index (χ3n) is 5.80. The van der Waals surface area contributed by atoms with Crippen LogP contribution in [0.5, 0.6) is 0 Å². The Morgan fingerprint density at radius 2 is 1.51 bits per heavy atom. The van der Waals surface area contributed by atoms with Crippen molar-refractivity contribution >= 4 is 18.0 Å². The lowest BCUT2D eigenvalue weighted by Gasteiger charge is -2.24. The zero-order valence-corrected chi connectivity index (χ0v) is 21.1. The third-order valence-corrected chi connectivity index (χ3v) is 5.80. The van der Waals surface area contributed by atoms with Crippen LogP contribution in [0.15, 0.2) is 48.5 Å². The van der Waals surface area contributed by atoms with Gasteiger partial charge in [-0.25, -0.2) is 4.79 Å². The number of fused-ring (bicyclic) bond motifs is 3. The summed E-state index contributed by atoms with van der Waals surface area (Å²) >= 11 is 0. The molecule has 0 aliphatic heterocycles. The first-order valence-electron chi connectivity index (χ1n) is 12.3. The minimum Gasteiger partial charge on any atom is -0.460 e. The number of nitrogens with one attached hydrogen (secondary N) is 1. The molecule has 3 rings (SSSR count). The average molecular weight is 481 g/mol. The second-order valence-corrected chi connectivity index (χ2v) is 9.72. The number of ether oxygens (including phenoxy) is 2. The number of alkyl carbamates (subject to hydrolysis) is 1. The molecule has 2 aromatic rings. The van der Waals surface area contributed by atoms with Gasteiger partial charge >= 0.3 is 12.1 Å². The largest absolute Gasteiger partial charge is 0.460 e. The van der Waals surface area contributed by atoms with Crippen LogP contribution in [0.4, 0.5) is 4.79 Å². The normalized spacial score (nSPS) is 12.5. The van der Waals surface area contributed by atoms with E-state index in [1.54, 1.807) is 4.90 Å². The minimum absolute atomic E-state index is 0.0114. The Labute approximate surface area is 207 Å². The lowest BCUT2D eigenvalue weighted by Crippen LogP contribution is -2.37. The number of esters is 1. The summed E-state index contributed by atoms with van der Waals surface area (Å²) in [6.07, 6.45) is 0.511. The van der Waals surface area contributed by atoms with Gasteiger partial charge in [-0.3, -0.25) is 9.59 Å². The predicted octanol–water partition coefficient (Wildman–Crippen LogP) is 4.89. The van der Waals surface area contributed by atoms with E-state index in [4.69, 9.17) is 9.47 Å². The van der Waals surface area contributed by atoms with E-state index in [1.807, 2.05) is 52.0 Å². The second-order valence-electron chi connectivity index (χ2n) is 9.72. The molecule has 0 fully saturated rings. The van der Waals surface area contributed by atoms with E-state index in [2.05, 4.69) is 29.6 Å². The molecule has 0 heterocycles. The molecule has 0 bridgehead atoms. The molecule has 1 aliphatic carbocycles. The highest BCUT2D eigenvalue weighted by molar-refractivity contribution is 5.80. The van der Waals surface area contributed by atoms with Crippen molar-refractivity contribution in [2.45, 2.75) is 58.5 Å². The highest BCUT2D eigenvalue weighted by Crippen LogP contribution is 2.44. The predicted molar refractivity (Wildman–Crippen MR) is 135 cm³/mol. The van der Waals surface area contributed by atoms with Gasteiger partial charge in [0.05, 0.1) is 6.42 Å². The van der Waals surface area contributed by atoms with Crippen LogP contribution in [-0.4, -0.2) is 54.7 Å². The van der Waals surface area contributed by atoms with Gasteiger partial charge in [-0.1, -0.05) is 55.5 Å². The van der Waals surface area contributed by atoms with Gasteiger partial charge in [-0.15, -0.1) is 0 Å². The van der Waals surface area contributed by atoms with E-state index in [0.717, 1.165) is 17.5 Å². The molecule has 2 amide bonds. The number of carbonyl (C=O) groups is 3. The van der Waals surface area contributed by atoms with Crippen LogP contribution in [0.1, 0.15) is 64.0 Å². The number of carbonyl (C=O) groups excluding carboxylic acids is 3. The topological polar surface area (TPSA) is 84.9 Å². The Balaban J connectivity index is 1.45. The Hall–Kier alpha value is -3.35. The van der Waals surface area contributed by atoms with Crippen molar-refractivity contribution in [3.63, 3.8) is 0 Å². The Morgan fingerprint density at radius 3 is 2.09 bits per heavy atom. The molecular weight excluding hydrogens is 444 g/mol. The molecule has 35 heavy (non-hydrogen) atoms. The number of rotatable bonds is 10. The lowest BCUT2D eigenvalue weighted by molar-refractivity contribution is -0.155. The second kappa shape index (κ2) is 11.9. The smallest absolute Gasteiger partial charge is 0.407 e. The van der Waals surface area contributed by atoms with E-state index in [0.29, 0.717) is 13.1 Å². The molecule has 1 aliphatic rings. The molecule has 0 atom stereocenters. The molecule has 188 valence electrons. The summed E-state index contributed by atoms with van der Waals surface area (Å²) in [6.45, 7) is 8.66. The SMILES string of the molecule is CCCN(CCC(=O)OC(C)(C)C)C(=O)CCNC(=O)OCC1c2ccccc2-c2ccccc21. The Bertz CT molecular complexity index is 998. The molecule has 0 unspecified atom stereocenters. The maximum Gasteiger partial charge on any atom is 0.407 e. The maximum absolute atomic E-state index is 12.6. The number of nitrogens with zero attached hydrogens (tertiary/aromatic N) is 1. The first-order valence-corrected chi connectivity index (χ1v) is 12.3. The van der Waals surface area contributed by atoms with Crippen molar-refractivity contribution in [1.29, 1.82) is 0 Å². The molecule has 0 aromatic heterocycles. The van der Waals surface area contributed by atoms with Gasteiger partial charge in [0.15, 0.2) is 0 Å². The summed E-state index contributed by atoms with van der Waals surface area (Å²) in [5.41, 5.74) is 4.09. The van der Waals surface area contributed by atoms with Gasteiger partial charge in [-0.2, -0.15) is 0 Å². The molecule has 1 N–H and O–H groups in total. The number of benzene rings is 2. The van der Waals surface area contributed by atoms with E-state index < -0.39 is 11.7 Å². The molecular formula is C28H36N2O5. The van der Waals surface area contributed by atoms with Crippen LogP contribution in [0.3, 0.4) is 0 Å². The van der Waals surface area contributed by atoms with E-state index in [-0.39, 0.29) is 43.8 Å². The van der Waals surface area contributed by atoms with Crippen LogP contribution in [0.25, 0.3) is 11.1 Å². The van der Waals surface area contributed by atoms with Gasteiger partial charge in [0.1, 0.15) is 12.2 Å². The van der Waals surface area contributed by atoms with Gasteiger partial charge in [-0.05, 0) is 49.4 Å². The molecule has 2 aromatic carbocycles. The van der Waals surface area contributed by atoms with E-state index >= 15 is 0 Å². The number of amides is 2. The fourth-order valence-electron chi connectivity index (χ4n) is 4.33. The van der Waals surface area contributed by atoms with Crippen molar-refractivity contribution in [3.05, 3.63) is 59.7 Å². The monoisotopic (exact) mass is 480 g/mol. The van der Waals surface area contributed by atoms with Crippen molar-refractivity contribution in [1.82, 2.24) is 10.2 Å². The Morgan fingerprint density at radius 1 is 0.914 bits per heavy atom. The summed E-state index contributed by atoms with van der Waals surface area (Å²) in [4.78, 5) is 38.6. The standard InChI is InChI=1S/C28H36N2O5/c1-5-17-30(18-15-26(32)35-28(2,3)4)25(31)14-16-29-27(33)34-19-24-22-12-8-6-10-20(22)21-11-7-9-13-23(21)24/h6-13,24H,5,14-19H2,1-4H3,(H,29,33). The van der Waals surface area contributed by atoms with Gasteiger partial charge in [0.2, 0.25) is 5.91 Å². The van der Waals surface area contributed by atoms with Crippen LogP contribution in [0.2, 0.25) is 0 Å². The molecule has 0 saturated heterocycles. The zero-order chi connectivity index (χ0) is 25.4. The summed E-state index contributed by atoms with van der Waals surface area (Å²) in [5, 5.41) is 2.68. The van der Waals surface area contributed by atoms with Gasteiger partial charge < -0.3 is 19.7 Å². The Kier molecular flexibility index (Phi) is 8.90. The number of hydrogen-bond acceptors (Lipinski definition) is 5. The summed E-state index contributed by atoms with van der Waals surface area (Å²) < 4.78 is 10.8. The van der Waals surface area contributed by atoms with Crippen molar-refractivity contribution in [2.75, 3.05) is 26.2 Å². The van der Waals surface area contributed by atoms with Gasteiger partial charge in [0, 0.05) is 32.0 Å². The van der Waals surface area contributed by atoms with Crippen molar-refractivity contribution < 1.29 is 23.9 Å². The highest BCUT2D eigenvalue weighted by Gasteiger charge is 2.29. The first-order chi connectivity index (χ1) is 16.7. The maximum atomic E-state index is 12.6. The fourth-order valence-corrected chi connectivity index (χ4v) is 4.33. The van der Waals surface area contributed by atoms with E-state index in [9.17, 15) is 14.4 Å². The van der Waals surface area contributed by atoms with Crippen LogP contribution in [0, 0.1) is 0 Å². The number of hydrogen-bond donors (Lipinski definition) is 1. The quantitative estimate of drug-likeness (QED) is 0.490. The average Bonchev–Trinajstić information content (AvgIpc) is 3.13. The molecule has 0 spiro atoms. The molecule has 7 heteroatoms. The lowest BCUT2D eigenvalue weighted by atomic mass is 9.98. The van der Waals surface area contributed by atoms with Crippen LogP contribution < -0.4 is 5.32 Å². The summed E-state index contributed by atoms with van der Waals surface area (Å²) in [5.74, 6) is -0.458. The van der Waals surface area contributed by atoms with Crippen LogP contribution in [-0.2, 0) is 19.1 Å². The molecule has 0 saturated carbocycles. The summed E-state index contributed by atoms with van der Waals surface area (Å²) in [6, 6.07) is 16.3. The zero-order valence-electron chi connectivity index (χ0n) is 21.1. The minimum atomic E-state index is -0.552. The van der Waals surface area contributed by atoms with Crippen molar-refractivity contribution in [3.8, 4) is 11.1 Å². The van der Waals surface area contributed by atoms with E-state index in [1.165, 1.54) is 11.1 Å². The fraction of sp³-hybridized carbons (Fsp3) is 0.464. The first kappa shape index (κ1) is 26.3.